The summed E-state index contributed by atoms with van der Waals surface area (Å²) < 4.78 is 18.6. The summed E-state index contributed by atoms with van der Waals surface area (Å²) in [6, 6.07) is 4.55. The van der Waals surface area contributed by atoms with Gasteiger partial charge in [0.25, 0.3) is 0 Å². The van der Waals surface area contributed by atoms with Gasteiger partial charge in [0.15, 0.2) is 5.82 Å². The van der Waals surface area contributed by atoms with Crippen LogP contribution in [-0.4, -0.2) is 16.7 Å². The van der Waals surface area contributed by atoms with Crippen LogP contribution in [0.2, 0.25) is 5.02 Å². The van der Waals surface area contributed by atoms with Crippen molar-refractivity contribution in [1.29, 1.82) is 0 Å². The summed E-state index contributed by atoms with van der Waals surface area (Å²) in [6.45, 7) is 3.34. The molecule has 6 heteroatoms. The van der Waals surface area contributed by atoms with Crippen LogP contribution in [0.25, 0.3) is 0 Å². The summed E-state index contributed by atoms with van der Waals surface area (Å²) in [5.41, 5.74) is 0.373. The summed E-state index contributed by atoms with van der Waals surface area (Å²) in [7, 11) is 0. The molecule has 0 fully saturated rings. The molecular weight excluding hydrogens is 257 g/mol. The molecule has 0 amide bonds. The number of hydrogen-bond donors (Lipinski definition) is 1. The van der Waals surface area contributed by atoms with Gasteiger partial charge in [-0.25, -0.2) is 4.39 Å². The molecule has 2 rings (SSSR count). The maximum Gasteiger partial charge on any atom is 0.231 e. The van der Waals surface area contributed by atoms with Crippen molar-refractivity contribution >= 4 is 11.6 Å². The van der Waals surface area contributed by atoms with Crippen LogP contribution >= 0.6 is 11.6 Å². The number of hydrogen-bond acceptors (Lipinski definition) is 4. The lowest BCUT2D eigenvalue weighted by Crippen LogP contribution is -2.12. The summed E-state index contributed by atoms with van der Waals surface area (Å²) in [5.74, 6) is 0.545. The standard InChI is InChI=1S/C12H13ClFN3O/c1-2-15-7-11-16-12(18-17-11)6-8-9(13)4-3-5-10(8)14/h3-5,15H,2,6-7H2,1H3. The number of halogens is 2. The number of aromatic nitrogens is 2. The van der Waals surface area contributed by atoms with Crippen LogP contribution in [0, 0.1) is 5.82 Å². The zero-order valence-electron chi connectivity index (χ0n) is 9.91. The van der Waals surface area contributed by atoms with Crippen LogP contribution in [0.15, 0.2) is 22.7 Å². The molecule has 0 saturated carbocycles. The number of nitrogens with zero attached hydrogens (tertiary/aromatic N) is 2. The Bertz CT molecular complexity index is 510. The Labute approximate surface area is 109 Å². The first-order chi connectivity index (χ1) is 8.70. The second-order valence-corrected chi connectivity index (χ2v) is 4.17. The number of rotatable bonds is 5. The Morgan fingerprint density at radius 2 is 2.28 bits per heavy atom. The van der Waals surface area contributed by atoms with E-state index in [4.69, 9.17) is 16.1 Å². The largest absolute Gasteiger partial charge is 0.339 e. The van der Waals surface area contributed by atoms with Gasteiger partial charge in [-0.05, 0) is 18.7 Å². The van der Waals surface area contributed by atoms with Gasteiger partial charge in [0.2, 0.25) is 5.89 Å². The second-order valence-electron chi connectivity index (χ2n) is 3.76. The van der Waals surface area contributed by atoms with E-state index in [1.807, 2.05) is 6.92 Å². The number of nitrogens with one attached hydrogen (secondary N) is 1. The van der Waals surface area contributed by atoms with Crippen LogP contribution in [0.1, 0.15) is 24.2 Å². The van der Waals surface area contributed by atoms with Gasteiger partial charge in [0.1, 0.15) is 5.82 Å². The lowest BCUT2D eigenvalue weighted by atomic mass is 10.1. The molecule has 1 aromatic carbocycles. The van der Waals surface area contributed by atoms with Gasteiger partial charge >= 0.3 is 0 Å². The highest BCUT2D eigenvalue weighted by molar-refractivity contribution is 6.31. The zero-order chi connectivity index (χ0) is 13.0. The van der Waals surface area contributed by atoms with E-state index in [1.54, 1.807) is 12.1 Å². The van der Waals surface area contributed by atoms with Crippen LogP contribution in [0.5, 0.6) is 0 Å². The SMILES string of the molecule is CCNCc1noc(Cc2c(F)cccc2Cl)n1. The van der Waals surface area contributed by atoms with Crippen molar-refractivity contribution in [3.8, 4) is 0 Å². The molecule has 0 atom stereocenters. The van der Waals surface area contributed by atoms with Crippen LogP contribution in [-0.2, 0) is 13.0 Å². The zero-order valence-corrected chi connectivity index (χ0v) is 10.7. The lowest BCUT2D eigenvalue weighted by Gasteiger charge is -2.01. The second kappa shape index (κ2) is 5.93. The minimum atomic E-state index is -0.367. The van der Waals surface area contributed by atoms with E-state index in [-0.39, 0.29) is 12.2 Å². The van der Waals surface area contributed by atoms with E-state index in [0.717, 1.165) is 6.54 Å². The van der Waals surface area contributed by atoms with Crippen LogP contribution < -0.4 is 5.32 Å². The first kappa shape index (κ1) is 13.0. The highest BCUT2D eigenvalue weighted by Crippen LogP contribution is 2.21. The highest BCUT2D eigenvalue weighted by atomic mass is 35.5. The molecule has 0 unspecified atom stereocenters. The quantitative estimate of drug-likeness (QED) is 0.906. The monoisotopic (exact) mass is 269 g/mol. The molecule has 96 valence electrons. The Morgan fingerprint density at radius 3 is 3.00 bits per heavy atom. The molecule has 0 radical (unpaired) electrons. The molecule has 1 N–H and O–H groups in total. The Morgan fingerprint density at radius 1 is 1.44 bits per heavy atom. The van der Waals surface area contributed by atoms with Gasteiger partial charge in [0.05, 0.1) is 13.0 Å². The van der Waals surface area contributed by atoms with E-state index in [1.165, 1.54) is 6.07 Å². The average Bonchev–Trinajstić information content (AvgIpc) is 2.79. The highest BCUT2D eigenvalue weighted by Gasteiger charge is 2.12. The van der Waals surface area contributed by atoms with E-state index >= 15 is 0 Å². The summed E-state index contributed by atoms with van der Waals surface area (Å²) in [5, 5.41) is 7.24. The summed E-state index contributed by atoms with van der Waals surface area (Å²) in [4.78, 5) is 4.16. The molecule has 4 nitrogen and oxygen atoms in total. The molecule has 0 aliphatic carbocycles. The lowest BCUT2D eigenvalue weighted by molar-refractivity contribution is 0.376. The Balaban J connectivity index is 2.11. The molecule has 0 spiro atoms. The van der Waals surface area contributed by atoms with Crippen molar-refractivity contribution in [3.05, 3.63) is 46.3 Å². The predicted molar refractivity (Wildman–Crippen MR) is 65.9 cm³/mol. The molecule has 0 aliphatic heterocycles. The van der Waals surface area contributed by atoms with E-state index in [2.05, 4.69) is 15.5 Å². The van der Waals surface area contributed by atoms with Crippen LogP contribution in [0.4, 0.5) is 4.39 Å². The van der Waals surface area contributed by atoms with Gasteiger partial charge in [0, 0.05) is 10.6 Å². The van der Waals surface area contributed by atoms with Crippen molar-refractivity contribution in [1.82, 2.24) is 15.5 Å². The Kier molecular flexibility index (Phi) is 4.28. The fourth-order valence-corrected chi connectivity index (χ4v) is 1.75. The van der Waals surface area contributed by atoms with Crippen molar-refractivity contribution in [2.45, 2.75) is 19.9 Å². The minimum Gasteiger partial charge on any atom is -0.339 e. The van der Waals surface area contributed by atoms with Crippen molar-refractivity contribution in [2.75, 3.05) is 6.54 Å². The molecule has 0 aliphatic rings. The first-order valence-corrected chi connectivity index (χ1v) is 6.03. The normalized spacial score (nSPS) is 10.8. The molecule has 0 saturated heterocycles. The number of benzene rings is 1. The third-order valence-electron chi connectivity index (χ3n) is 2.43. The topological polar surface area (TPSA) is 51.0 Å². The van der Waals surface area contributed by atoms with E-state index in [9.17, 15) is 4.39 Å². The van der Waals surface area contributed by atoms with E-state index in [0.29, 0.717) is 28.8 Å². The first-order valence-electron chi connectivity index (χ1n) is 5.65. The summed E-state index contributed by atoms with van der Waals surface area (Å²) >= 11 is 5.93. The molecular formula is C12H13ClFN3O. The van der Waals surface area contributed by atoms with Gasteiger partial charge in [-0.15, -0.1) is 0 Å². The smallest absolute Gasteiger partial charge is 0.231 e. The molecule has 2 aromatic rings. The average molecular weight is 270 g/mol. The molecule has 0 bridgehead atoms. The summed E-state index contributed by atoms with van der Waals surface area (Å²) in [6.07, 6.45) is 0.199. The Hall–Kier alpha value is -1.46. The maximum atomic E-state index is 13.6. The van der Waals surface area contributed by atoms with Crippen LogP contribution in [0.3, 0.4) is 0 Å². The molecule has 18 heavy (non-hydrogen) atoms. The van der Waals surface area contributed by atoms with Gasteiger partial charge in [-0.2, -0.15) is 4.98 Å². The van der Waals surface area contributed by atoms with Crippen molar-refractivity contribution < 1.29 is 8.91 Å². The maximum absolute atomic E-state index is 13.6. The molecule has 1 heterocycles. The predicted octanol–water partition coefficient (Wildman–Crippen LogP) is 2.56. The van der Waals surface area contributed by atoms with Gasteiger partial charge in [-0.3, -0.25) is 0 Å². The fraction of sp³-hybridized carbons (Fsp3) is 0.333. The van der Waals surface area contributed by atoms with E-state index < -0.39 is 0 Å². The van der Waals surface area contributed by atoms with Crippen molar-refractivity contribution in [2.24, 2.45) is 0 Å². The molecule has 1 aromatic heterocycles. The fourth-order valence-electron chi connectivity index (χ4n) is 1.52. The van der Waals surface area contributed by atoms with Gasteiger partial charge in [-0.1, -0.05) is 29.7 Å². The third-order valence-corrected chi connectivity index (χ3v) is 2.79. The third kappa shape index (κ3) is 3.05. The van der Waals surface area contributed by atoms with Crippen molar-refractivity contribution in [3.63, 3.8) is 0 Å². The van der Waals surface area contributed by atoms with Gasteiger partial charge < -0.3 is 9.84 Å². The minimum absolute atomic E-state index is 0.199.